The van der Waals surface area contributed by atoms with Crippen LogP contribution in [0.1, 0.15) is 26.2 Å². The molecule has 0 aliphatic carbocycles. The summed E-state index contributed by atoms with van der Waals surface area (Å²) < 4.78 is 5.55. The second-order valence-corrected chi connectivity index (χ2v) is 8.00. The largest absolute Gasteiger partial charge is 0.253 e. The fraction of sp³-hybridized carbons (Fsp3) is 0.875. The van der Waals surface area contributed by atoms with Gasteiger partial charge in [0.2, 0.25) is 6.61 Å². The average molecular weight is 159 g/mol. The highest BCUT2D eigenvalue weighted by Gasteiger charge is 2.20. The third kappa shape index (κ3) is 8.05. The van der Waals surface area contributed by atoms with Crippen LogP contribution in [0.25, 0.3) is 0 Å². The third-order valence-corrected chi connectivity index (χ3v) is 1.99. The molecule has 0 unspecified atom stereocenters. The van der Waals surface area contributed by atoms with Crippen LogP contribution in [0.4, 0.5) is 0 Å². The van der Waals surface area contributed by atoms with Gasteiger partial charge in [-0.2, -0.15) is 0 Å². The molecule has 2 heteroatoms. The minimum absolute atomic E-state index is 1.11. The third-order valence-electron chi connectivity index (χ3n) is 1.11. The molecule has 1 nitrogen and oxygen atoms in total. The quantitative estimate of drug-likeness (QED) is 0.340. The zero-order chi connectivity index (χ0) is 8.04. The number of unbranched alkanes of at least 4 members (excludes halogenated alkanes) is 2. The van der Waals surface area contributed by atoms with Crippen molar-refractivity contribution in [3.8, 4) is 0 Å². The van der Waals surface area contributed by atoms with Crippen LogP contribution in [-0.4, -0.2) is 8.32 Å². The normalized spacial score (nSPS) is 11.6. The van der Waals surface area contributed by atoms with Crippen LogP contribution in [0.15, 0.2) is 0 Å². The Morgan fingerprint density at radius 3 is 2.30 bits per heavy atom. The van der Waals surface area contributed by atoms with Crippen LogP contribution in [-0.2, 0) is 4.43 Å². The van der Waals surface area contributed by atoms with Gasteiger partial charge >= 0.3 is 0 Å². The standard InChI is InChI=1S/C8H19OSi/c1-5-6-7-8-9-10(2,3)4/h8H,5-7H2,1-4H3/q+1. The lowest BCUT2D eigenvalue weighted by atomic mass is 10.3. The Morgan fingerprint density at radius 2 is 1.90 bits per heavy atom. The summed E-state index contributed by atoms with van der Waals surface area (Å²) in [6, 6.07) is 0. The van der Waals surface area contributed by atoms with E-state index in [0.717, 1.165) is 6.42 Å². The molecule has 0 rings (SSSR count). The minimum atomic E-state index is -1.26. The molecule has 0 heterocycles. The Morgan fingerprint density at radius 1 is 1.30 bits per heavy atom. The SMILES string of the molecule is CCCC[CH+]O[Si](C)(C)C. The Hall–Kier alpha value is 0.0469. The molecule has 0 aromatic carbocycles. The van der Waals surface area contributed by atoms with E-state index < -0.39 is 8.32 Å². The Kier molecular flexibility index (Phi) is 4.82. The molecule has 0 N–H and O–H groups in total. The maximum atomic E-state index is 5.55. The maximum Gasteiger partial charge on any atom is 0.253 e. The number of rotatable bonds is 5. The smallest absolute Gasteiger partial charge is 0.247 e. The van der Waals surface area contributed by atoms with Crippen LogP contribution in [0, 0.1) is 6.61 Å². The predicted molar refractivity (Wildman–Crippen MR) is 48.3 cm³/mol. The van der Waals surface area contributed by atoms with Gasteiger partial charge in [0.05, 0.1) is 0 Å². The van der Waals surface area contributed by atoms with Crippen molar-refractivity contribution < 1.29 is 4.43 Å². The molecule has 60 valence electrons. The van der Waals surface area contributed by atoms with E-state index in [9.17, 15) is 0 Å². The fourth-order valence-corrected chi connectivity index (χ4v) is 1.21. The fourth-order valence-electron chi connectivity index (χ4n) is 0.596. The van der Waals surface area contributed by atoms with E-state index >= 15 is 0 Å². The second kappa shape index (κ2) is 4.80. The average Bonchev–Trinajstić information content (AvgIpc) is 1.78. The number of hydrogen-bond donors (Lipinski definition) is 0. The van der Waals surface area contributed by atoms with Crippen molar-refractivity contribution in [1.29, 1.82) is 0 Å². The summed E-state index contributed by atoms with van der Waals surface area (Å²) >= 11 is 0. The van der Waals surface area contributed by atoms with Crippen molar-refractivity contribution in [2.45, 2.75) is 45.8 Å². The van der Waals surface area contributed by atoms with E-state index in [2.05, 4.69) is 26.6 Å². The molecule has 0 amide bonds. The van der Waals surface area contributed by atoms with Crippen molar-refractivity contribution >= 4 is 8.32 Å². The topological polar surface area (TPSA) is 9.23 Å². The van der Waals surface area contributed by atoms with Crippen molar-refractivity contribution in [3.05, 3.63) is 6.61 Å². The Labute approximate surface area is 65.9 Å². The minimum Gasteiger partial charge on any atom is -0.247 e. The van der Waals surface area contributed by atoms with Crippen molar-refractivity contribution in [3.63, 3.8) is 0 Å². The van der Waals surface area contributed by atoms with Crippen LogP contribution >= 0.6 is 0 Å². The molecule has 0 aromatic heterocycles. The molecule has 0 aliphatic heterocycles. The van der Waals surface area contributed by atoms with E-state index in [-0.39, 0.29) is 0 Å². The van der Waals surface area contributed by atoms with Crippen molar-refractivity contribution in [2.24, 2.45) is 0 Å². The van der Waals surface area contributed by atoms with Crippen LogP contribution in [0.5, 0.6) is 0 Å². The van der Waals surface area contributed by atoms with Crippen LogP contribution in [0.3, 0.4) is 0 Å². The summed E-state index contributed by atoms with van der Waals surface area (Å²) in [6.07, 6.45) is 3.62. The summed E-state index contributed by atoms with van der Waals surface area (Å²) in [5, 5.41) is 0. The van der Waals surface area contributed by atoms with Gasteiger partial charge in [-0.25, -0.2) is 4.43 Å². The lowest BCUT2D eigenvalue weighted by Crippen LogP contribution is -2.23. The van der Waals surface area contributed by atoms with Gasteiger partial charge in [-0.05, 0) is 26.1 Å². The zero-order valence-corrected chi connectivity index (χ0v) is 8.61. The molecule has 0 saturated heterocycles. The van der Waals surface area contributed by atoms with Gasteiger partial charge < -0.3 is 0 Å². The van der Waals surface area contributed by atoms with E-state index in [1.807, 2.05) is 6.61 Å². The molecular formula is C8H19OSi+. The highest BCUT2D eigenvalue weighted by Crippen LogP contribution is 2.07. The van der Waals surface area contributed by atoms with Gasteiger partial charge in [-0.15, -0.1) is 0 Å². The van der Waals surface area contributed by atoms with Crippen LogP contribution < -0.4 is 0 Å². The van der Waals surface area contributed by atoms with Gasteiger partial charge in [-0.1, -0.05) is 13.3 Å². The molecule has 0 saturated carbocycles. The molecule has 0 spiro atoms. The van der Waals surface area contributed by atoms with Gasteiger partial charge in [0.25, 0.3) is 8.32 Å². The second-order valence-electron chi connectivity index (χ2n) is 3.54. The first kappa shape index (κ1) is 10.0. The first-order valence-electron chi connectivity index (χ1n) is 4.06. The van der Waals surface area contributed by atoms with Crippen molar-refractivity contribution in [2.75, 3.05) is 0 Å². The van der Waals surface area contributed by atoms with E-state index in [1.54, 1.807) is 0 Å². The first-order chi connectivity index (χ1) is 4.56. The summed E-state index contributed by atoms with van der Waals surface area (Å²) in [7, 11) is -1.26. The zero-order valence-electron chi connectivity index (χ0n) is 7.61. The molecular weight excluding hydrogens is 140 g/mol. The molecule has 0 fully saturated rings. The summed E-state index contributed by atoms with van der Waals surface area (Å²) in [4.78, 5) is 0. The molecule has 0 aromatic rings. The molecule has 10 heavy (non-hydrogen) atoms. The molecule has 0 aliphatic rings. The summed E-state index contributed by atoms with van der Waals surface area (Å²) in [6.45, 7) is 10.8. The molecule has 0 atom stereocenters. The van der Waals surface area contributed by atoms with E-state index in [1.165, 1.54) is 12.8 Å². The lowest BCUT2D eigenvalue weighted by Gasteiger charge is -2.07. The molecule has 0 radical (unpaired) electrons. The predicted octanol–water partition coefficient (Wildman–Crippen LogP) is 3.19. The van der Waals surface area contributed by atoms with Gasteiger partial charge in [-0.3, -0.25) is 0 Å². The van der Waals surface area contributed by atoms with E-state index in [4.69, 9.17) is 4.43 Å². The van der Waals surface area contributed by atoms with Gasteiger partial charge in [0.15, 0.2) is 0 Å². The van der Waals surface area contributed by atoms with Crippen molar-refractivity contribution in [1.82, 2.24) is 0 Å². The highest BCUT2D eigenvalue weighted by molar-refractivity contribution is 6.69. The molecule has 0 bridgehead atoms. The monoisotopic (exact) mass is 159 g/mol. The van der Waals surface area contributed by atoms with E-state index in [0.29, 0.717) is 0 Å². The Bertz CT molecular complexity index is 75.8. The lowest BCUT2D eigenvalue weighted by molar-refractivity contribution is 0.382. The maximum absolute atomic E-state index is 5.55. The summed E-state index contributed by atoms with van der Waals surface area (Å²) in [5.41, 5.74) is 0. The first-order valence-corrected chi connectivity index (χ1v) is 7.46. The van der Waals surface area contributed by atoms with Crippen LogP contribution in [0.2, 0.25) is 19.6 Å². The number of hydrogen-bond acceptors (Lipinski definition) is 1. The highest BCUT2D eigenvalue weighted by atomic mass is 28.4. The van der Waals surface area contributed by atoms with Gasteiger partial charge in [0, 0.05) is 0 Å². The van der Waals surface area contributed by atoms with Gasteiger partial charge in [0.1, 0.15) is 6.42 Å². The summed E-state index contributed by atoms with van der Waals surface area (Å²) in [5.74, 6) is 0. The Balaban J connectivity index is 3.04.